The largest absolute Gasteiger partial charge is 0.476 e. The van der Waals surface area contributed by atoms with E-state index in [4.69, 9.17) is 21.3 Å². The number of urea groups is 1. The quantitative estimate of drug-likeness (QED) is 0.697. The molecule has 4 fully saturated rings. The first-order chi connectivity index (χ1) is 16.5. The van der Waals surface area contributed by atoms with E-state index >= 15 is 0 Å². The van der Waals surface area contributed by atoms with Gasteiger partial charge < -0.3 is 14.5 Å². The van der Waals surface area contributed by atoms with E-state index < -0.39 is 0 Å². The van der Waals surface area contributed by atoms with Crippen LogP contribution in [0.1, 0.15) is 67.6 Å². The smallest absolute Gasteiger partial charge is 0.320 e. The molecule has 9 nitrogen and oxygen atoms in total. The maximum atomic E-state index is 13.0. The number of hydrogen-bond donors (Lipinski definition) is 1. The van der Waals surface area contributed by atoms with E-state index in [-0.39, 0.29) is 11.4 Å². The van der Waals surface area contributed by atoms with E-state index in [0.29, 0.717) is 40.8 Å². The molecule has 34 heavy (non-hydrogen) atoms. The van der Waals surface area contributed by atoms with Crippen LogP contribution in [-0.4, -0.2) is 68.8 Å². The van der Waals surface area contributed by atoms with Gasteiger partial charge in [-0.1, -0.05) is 11.6 Å². The average molecular weight is 482 g/mol. The summed E-state index contributed by atoms with van der Waals surface area (Å²) in [7, 11) is 0. The first-order valence-electron chi connectivity index (χ1n) is 12.2. The molecule has 4 aliphatic rings. The second-order valence-corrected chi connectivity index (χ2v) is 10.9. The Morgan fingerprint density at radius 3 is 2.68 bits per heavy atom. The molecule has 178 valence electrons. The lowest BCUT2D eigenvalue weighted by Crippen LogP contribution is -2.65. The van der Waals surface area contributed by atoms with Gasteiger partial charge in [0, 0.05) is 49.6 Å². The standard InChI is InChI=1S/C24H28ClN7O2/c25-19-7-17(10-26)22(27-11-19)34-12-15-3-5-31(6-4-15)23(33)32-13-24(14-32)8-18(9-24)21-28-20(29-30-21)16-1-2-16/h7,11,15-16,18H,1-6,8-9,12-14H2,(H,28,29,30). The molecular weight excluding hydrogens is 454 g/mol. The molecule has 0 aromatic carbocycles. The Labute approximate surface area is 203 Å². The van der Waals surface area contributed by atoms with Gasteiger partial charge in [0.15, 0.2) is 5.82 Å². The molecule has 1 spiro atoms. The molecule has 2 aliphatic carbocycles. The van der Waals surface area contributed by atoms with Crippen molar-refractivity contribution in [2.45, 2.75) is 50.4 Å². The molecule has 2 saturated carbocycles. The third-order valence-corrected chi connectivity index (χ3v) is 8.02. The van der Waals surface area contributed by atoms with Crippen molar-refractivity contribution < 1.29 is 9.53 Å². The molecule has 2 aromatic rings. The summed E-state index contributed by atoms with van der Waals surface area (Å²) in [6, 6.07) is 3.79. The summed E-state index contributed by atoms with van der Waals surface area (Å²) in [6.45, 7) is 3.67. The number of ether oxygens (including phenoxy) is 1. The fourth-order valence-electron chi connectivity index (χ4n) is 5.64. The highest BCUT2D eigenvalue weighted by Crippen LogP contribution is 2.55. The minimum atomic E-state index is 0.162. The number of carbonyl (C=O) groups excluding carboxylic acids is 1. The molecule has 2 amide bonds. The summed E-state index contributed by atoms with van der Waals surface area (Å²) in [5.41, 5.74) is 0.625. The minimum Gasteiger partial charge on any atom is -0.476 e. The van der Waals surface area contributed by atoms with Gasteiger partial charge in [-0.15, -0.1) is 0 Å². The Morgan fingerprint density at radius 1 is 1.21 bits per heavy atom. The zero-order chi connectivity index (χ0) is 23.3. The Bertz CT molecular complexity index is 1120. The van der Waals surface area contributed by atoms with Gasteiger partial charge in [-0.25, -0.2) is 14.8 Å². The van der Waals surface area contributed by atoms with Crippen molar-refractivity contribution >= 4 is 17.6 Å². The van der Waals surface area contributed by atoms with Crippen LogP contribution in [0.5, 0.6) is 5.88 Å². The van der Waals surface area contributed by atoms with E-state index in [1.807, 2.05) is 9.80 Å². The van der Waals surface area contributed by atoms with Crippen LogP contribution >= 0.6 is 11.6 Å². The molecule has 2 aromatic heterocycles. The first kappa shape index (κ1) is 21.7. The van der Waals surface area contributed by atoms with E-state index in [1.54, 1.807) is 6.07 Å². The Kier molecular flexibility index (Phi) is 5.36. The van der Waals surface area contributed by atoms with Gasteiger partial charge in [0.05, 0.1) is 11.6 Å². The number of rotatable bonds is 5. The average Bonchev–Trinajstić information content (AvgIpc) is 3.54. The van der Waals surface area contributed by atoms with Crippen LogP contribution in [0, 0.1) is 22.7 Å². The lowest BCUT2D eigenvalue weighted by molar-refractivity contribution is -0.0577. The molecule has 4 heterocycles. The van der Waals surface area contributed by atoms with Crippen LogP contribution in [0.3, 0.4) is 0 Å². The second kappa shape index (κ2) is 8.42. The van der Waals surface area contributed by atoms with Crippen LogP contribution < -0.4 is 4.74 Å². The van der Waals surface area contributed by atoms with E-state index in [0.717, 1.165) is 63.5 Å². The maximum absolute atomic E-state index is 13.0. The number of aromatic amines is 1. The molecule has 2 aliphatic heterocycles. The van der Waals surface area contributed by atoms with Gasteiger partial charge in [-0.3, -0.25) is 5.10 Å². The monoisotopic (exact) mass is 481 g/mol. The van der Waals surface area contributed by atoms with Crippen molar-refractivity contribution in [3.63, 3.8) is 0 Å². The van der Waals surface area contributed by atoms with Crippen LogP contribution in [-0.2, 0) is 0 Å². The maximum Gasteiger partial charge on any atom is 0.320 e. The Hall–Kier alpha value is -2.86. The molecule has 0 bridgehead atoms. The normalized spacial score (nSPS) is 22.2. The summed E-state index contributed by atoms with van der Waals surface area (Å²) in [6.07, 6.45) is 7.88. The van der Waals surface area contributed by atoms with Crippen LogP contribution in [0.25, 0.3) is 0 Å². The fourth-order valence-corrected chi connectivity index (χ4v) is 5.80. The number of halogens is 1. The second-order valence-electron chi connectivity index (χ2n) is 10.5. The highest BCUT2D eigenvalue weighted by molar-refractivity contribution is 6.30. The first-order valence-corrected chi connectivity index (χ1v) is 12.5. The van der Waals surface area contributed by atoms with Crippen LogP contribution in [0.4, 0.5) is 4.79 Å². The third-order valence-electron chi connectivity index (χ3n) is 7.81. The van der Waals surface area contributed by atoms with Crippen LogP contribution in [0.2, 0.25) is 5.02 Å². The van der Waals surface area contributed by atoms with Gasteiger partial charge in [0.1, 0.15) is 17.5 Å². The Morgan fingerprint density at radius 2 is 1.97 bits per heavy atom. The predicted octanol–water partition coefficient (Wildman–Crippen LogP) is 3.69. The molecule has 0 unspecified atom stereocenters. The number of aromatic nitrogens is 4. The lowest BCUT2D eigenvalue weighted by atomic mass is 9.57. The van der Waals surface area contributed by atoms with E-state index in [9.17, 15) is 10.1 Å². The van der Waals surface area contributed by atoms with Crippen molar-refractivity contribution in [3.05, 3.63) is 34.5 Å². The molecule has 2 saturated heterocycles. The molecular formula is C24H28ClN7O2. The van der Waals surface area contributed by atoms with Gasteiger partial charge in [0.2, 0.25) is 5.88 Å². The number of H-pyrrole nitrogens is 1. The summed E-state index contributed by atoms with van der Waals surface area (Å²) in [5, 5.41) is 17.2. The number of carbonyl (C=O) groups is 1. The van der Waals surface area contributed by atoms with Gasteiger partial charge in [0.25, 0.3) is 0 Å². The van der Waals surface area contributed by atoms with Crippen molar-refractivity contribution in [1.82, 2.24) is 30.0 Å². The molecule has 10 heteroatoms. The molecule has 0 radical (unpaired) electrons. The van der Waals surface area contributed by atoms with E-state index in [1.165, 1.54) is 19.0 Å². The summed E-state index contributed by atoms with van der Waals surface area (Å²) in [5.74, 6) is 3.73. The fraction of sp³-hybridized carbons (Fsp3) is 0.625. The summed E-state index contributed by atoms with van der Waals surface area (Å²) < 4.78 is 5.79. The number of pyridine rings is 1. The number of hydrogen-bond acceptors (Lipinski definition) is 6. The number of nitrogens with one attached hydrogen (secondary N) is 1. The van der Waals surface area contributed by atoms with Crippen molar-refractivity contribution in [1.29, 1.82) is 5.26 Å². The molecule has 1 N–H and O–H groups in total. The van der Waals surface area contributed by atoms with Crippen molar-refractivity contribution in [2.75, 3.05) is 32.8 Å². The highest BCUT2D eigenvalue weighted by atomic mass is 35.5. The van der Waals surface area contributed by atoms with Crippen molar-refractivity contribution in [2.24, 2.45) is 11.3 Å². The van der Waals surface area contributed by atoms with Gasteiger partial charge in [-0.2, -0.15) is 10.4 Å². The number of nitriles is 1. The van der Waals surface area contributed by atoms with Crippen molar-refractivity contribution in [3.8, 4) is 11.9 Å². The number of piperidine rings is 1. The number of amides is 2. The lowest BCUT2D eigenvalue weighted by Gasteiger charge is -2.59. The summed E-state index contributed by atoms with van der Waals surface area (Å²) in [4.78, 5) is 25.8. The molecule has 6 rings (SSSR count). The zero-order valence-corrected chi connectivity index (χ0v) is 19.8. The van der Waals surface area contributed by atoms with Crippen LogP contribution in [0.15, 0.2) is 12.3 Å². The zero-order valence-electron chi connectivity index (χ0n) is 19.0. The SMILES string of the molecule is N#Cc1cc(Cl)cnc1OCC1CCN(C(=O)N2CC3(CC(c4nc(C5CC5)n[nH]4)C3)C2)CC1. The highest BCUT2D eigenvalue weighted by Gasteiger charge is 2.55. The molecule has 0 atom stereocenters. The number of nitrogens with zero attached hydrogens (tertiary/aromatic N) is 6. The number of likely N-dealkylation sites (tertiary alicyclic amines) is 2. The van der Waals surface area contributed by atoms with E-state index in [2.05, 4.69) is 21.3 Å². The summed E-state index contributed by atoms with van der Waals surface area (Å²) >= 11 is 5.89. The topological polar surface area (TPSA) is 111 Å². The predicted molar refractivity (Wildman–Crippen MR) is 123 cm³/mol. The Balaban J connectivity index is 0.932. The van der Waals surface area contributed by atoms with Gasteiger partial charge in [-0.05, 0) is 50.5 Å². The minimum absolute atomic E-state index is 0.162. The third kappa shape index (κ3) is 4.09. The van der Waals surface area contributed by atoms with Gasteiger partial charge >= 0.3 is 6.03 Å².